The van der Waals surface area contributed by atoms with Crippen molar-refractivity contribution in [3.05, 3.63) is 52.1 Å². The van der Waals surface area contributed by atoms with Gasteiger partial charge in [0.05, 0.1) is 11.5 Å². The van der Waals surface area contributed by atoms with Crippen LogP contribution in [0.5, 0.6) is 0 Å². The molecule has 0 unspecified atom stereocenters. The van der Waals surface area contributed by atoms with E-state index in [1.54, 1.807) is 18.3 Å². The van der Waals surface area contributed by atoms with Crippen LogP contribution in [-0.2, 0) is 13.6 Å². The molecule has 18 heavy (non-hydrogen) atoms. The largest absolute Gasteiger partial charge is 0.372 e. The van der Waals surface area contributed by atoms with Crippen molar-refractivity contribution >= 4 is 11.4 Å². The molecule has 0 saturated heterocycles. The molecule has 0 amide bonds. The van der Waals surface area contributed by atoms with Crippen LogP contribution in [0.1, 0.15) is 11.4 Å². The van der Waals surface area contributed by atoms with Gasteiger partial charge in [-0.15, -0.1) is 0 Å². The fourth-order valence-electron chi connectivity index (χ4n) is 1.69. The van der Waals surface area contributed by atoms with E-state index in [-0.39, 0.29) is 10.6 Å². The number of nitrogens with one attached hydrogen (secondary N) is 1. The average molecular weight is 246 g/mol. The van der Waals surface area contributed by atoms with Crippen LogP contribution in [0.3, 0.4) is 0 Å². The minimum Gasteiger partial charge on any atom is -0.372 e. The molecule has 0 saturated carbocycles. The number of rotatable bonds is 4. The van der Waals surface area contributed by atoms with Crippen molar-refractivity contribution in [2.75, 3.05) is 5.32 Å². The molecule has 0 aliphatic heterocycles. The summed E-state index contributed by atoms with van der Waals surface area (Å²) < 4.78 is 1.87. The van der Waals surface area contributed by atoms with Crippen LogP contribution in [-0.4, -0.2) is 14.5 Å². The molecule has 1 aromatic heterocycles. The van der Waals surface area contributed by atoms with Crippen LogP contribution < -0.4 is 5.32 Å². The lowest BCUT2D eigenvalue weighted by atomic mass is 10.2. The van der Waals surface area contributed by atoms with Gasteiger partial charge < -0.3 is 9.88 Å². The molecular formula is C12H14N4O2. The maximum Gasteiger partial charge on any atom is 0.292 e. The average Bonchev–Trinajstić information content (AvgIpc) is 2.72. The van der Waals surface area contributed by atoms with Crippen LogP contribution in [0, 0.1) is 17.0 Å². The molecule has 0 radical (unpaired) electrons. The zero-order valence-corrected chi connectivity index (χ0v) is 10.3. The first-order valence-corrected chi connectivity index (χ1v) is 5.53. The van der Waals surface area contributed by atoms with Gasteiger partial charge in [0.1, 0.15) is 11.5 Å². The van der Waals surface area contributed by atoms with Crippen molar-refractivity contribution < 1.29 is 4.92 Å². The van der Waals surface area contributed by atoms with E-state index in [0.717, 1.165) is 11.4 Å². The number of benzene rings is 1. The van der Waals surface area contributed by atoms with Gasteiger partial charge in [-0.2, -0.15) is 0 Å². The molecule has 2 rings (SSSR count). The van der Waals surface area contributed by atoms with E-state index < -0.39 is 0 Å². The molecule has 1 aromatic carbocycles. The van der Waals surface area contributed by atoms with E-state index in [9.17, 15) is 10.1 Å². The molecule has 1 heterocycles. The van der Waals surface area contributed by atoms with Crippen LogP contribution in [0.4, 0.5) is 11.4 Å². The first-order chi connectivity index (χ1) is 8.58. The molecule has 0 atom stereocenters. The maximum absolute atomic E-state index is 10.9. The molecule has 6 heteroatoms. The number of hydrogen-bond acceptors (Lipinski definition) is 4. The van der Waals surface area contributed by atoms with Crippen molar-refractivity contribution in [1.82, 2.24) is 9.55 Å². The Morgan fingerprint density at radius 1 is 1.50 bits per heavy atom. The predicted molar refractivity (Wildman–Crippen MR) is 68.4 cm³/mol. The summed E-state index contributed by atoms with van der Waals surface area (Å²) in [5.74, 6) is 0.825. The fourth-order valence-corrected chi connectivity index (χ4v) is 1.69. The van der Waals surface area contributed by atoms with Crippen LogP contribution >= 0.6 is 0 Å². The number of aryl methyl sites for hydroxylation is 2. The molecule has 6 nitrogen and oxygen atoms in total. The first-order valence-electron chi connectivity index (χ1n) is 5.53. The van der Waals surface area contributed by atoms with Gasteiger partial charge in [-0.1, -0.05) is 6.07 Å². The summed E-state index contributed by atoms with van der Waals surface area (Å²) in [6.07, 6.45) is 3.53. The summed E-state index contributed by atoms with van der Waals surface area (Å²) in [6, 6.07) is 5.00. The number of aromatic nitrogens is 2. The topological polar surface area (TPSA) is 73.0 Å². The predicted octanol–water partition coefficient (Wildman–Crippen LogP) is 2.25. The summed E-state index contributed by atoms with van der Waals surface area (Å²) >= 11 is 0. The Balaban J connectivity index is 2.20. The van der Waals surface area contributed by atoms with Gasteiger partial charge >= 0.3 is 0 Å². The van der Waals surface area contributed by atoms with Gasteiger partial charge in [0, 0.05) is 25.5 Å². The zero-order chi connectivity index (χ0) is 13.1. The molecule has 2 aromatic rings. The maximum atomic E-state index is 10.9. The second-order valence-electron chi connectivity index (χ2n) is 4.09. The van der Waals surface area contributed by atoms with Gasteiger partial charge in [0.2, 0.25) is 0 Å². The molecule has 0 aliphatic carbocycles. The Morgan fingerprint density at radius 2 is 2.28 bits per heavy atom. The van der Waals surface area contributed by atoms with Crippen molar-refractivity contribution in [3.63, 3.8) is 0 Å². The lowest BCUT2D eigenvalue weighted by Gasteiger charge is -2.08. The van der Waals surface area contributed by atoms with E-state index >= 15 is 0 Å². The zero-order valence-electron chi connectivity index (χ0n) is 10.3. The summed E-state index contributed by atoms with van der Waals surface area (Å²) in [5, 5.41) is 14.0. The number of nitrogens with zero attached hydrogens (tertiary/aromatic N) is 3. The molecular weight excluding hydrogens is 232 g/mol. The Labute approximate surface area is 104 Å². The normalized spacial score (nSPS) is 10.3. The molecule has 0 bridgehead atoms. The molecule has 0 spiro atoms. The van der Waals surface area contributed by atoms with Crippen molar-refractivity contribution in [2.24, 2.45) is 7.05 Å². The van der Waals surface area contributed by atoms with Gasteiger partial charge in [0.15, 0.2) is 0 Å². The smallest absolute Gasteiger partial charge is 0.292 e. The van der Waals surface area contributed by atoms with Gasteiger partial charge in [-0.25, -0.2) is 4.98 Å². The lowest BCUT2D eigenvalue weighted by Crippen LogP contribution is -2.07. The van der Waals surface area contributed by atoms with E-state index in [2.05, 4.69) is 10.3 Å². The van der Waals surface area contributed by atoms with Crippen molar-refractivity contribution in [2.45, 2.75) is 13.5 Å². The van der Waals surface area contributed by atoms with E-state index in [1.807, 2.05) is 24.7 Å². The summed E-state index contributed by atoms with van der Waals surface area (Å²) in [5.41, 5.74) is 1.57. The van der Waals surface area contributed by atoms with Crippen LogP contribution in [0.25, 0.3) is 0 Å². The van der Waals surface area contributed by atoms with E-state index in [0.29, 0.717) is 12.2 Å². The second kappa shape index (κ2) is 4.87. The highest BCUT2D eigenvalue weighted by atomic mass is 16.6. The van der Waals surface area contributed by atoms with Crippen molar-refractivity contribution in [3.8, 4) is 0 Å². The molecule has 94 valence electrons. The highest BCUT2D eigenvalue weighted by Crippen LogP contribution is 2.25. The van der Waals surface area contributed by atoms with E-state index in [1.165, 1.54) is 6.07 Å². The van der Waals surface area contributed by atoms with Crippen molar-refractivity contribution in [1.29, 1.82) is 0 Å². The Kier molecular flexibility index (Phi) is 3.27. The highest BCUT2D eigenvalue weighted by molar-refractivity contribution is 5.62. The SMILES string of the molecule is Cc1ccc([N+](=O)[O-])c(NCc2nccn2C)c1. The third-order valence-corrected chi connectivity index (χ3v) is 2.71. The quantitative estimate of drug-likeness (QED) is 0.663. The van der Waals surface area contributed by atoms with Crippen LogP contribution in [0.2, 0.25) is 0 Å². The summed E-state index contributed by atoms with van der Waals surface area (Å²) in [7, 11) is 1.88. The van der Waals surface area contributed by atoms with Gasteiger partial charge in [-0.3, -0.25) is 10.1 Å². The summed E-state index contributed by atoms with van der Waals surface area (Å²) in [4.78, 5) is 14.7. The molecule has 0 fully saturated rings. The molecule has 0 aliphatic rings. The first kappa shape index (κ1) is 12.1. The number of nitro benzene ring substituents is 1. The third kappa shape index (κ3) is 2.48. The number of imidazole rings is 1. The minimum absolute atomic E-state index is 0.0785. The Bertz CT molecular complexity index is 577. The Hall–Kier alpha value is -2.37. The van der Waals surface area contributed by atoms with Gasteiger partial charge in [-0.05, 0) is 18.6 Å². The monoisotopic (exact) mass is 246 g/mol. The molecule has 1 N–H and O–H groups in total. The number of hydrogen-bond donors (Lipinski definition) is 1. The fraction of sp³-hybridized carbons (Fsp3) is 0.250. The highest BCUT2D eigenvalue weighted by Gasteiger charge is 2.13. The van der Waals surface area contributed by atoms with Gasteiger partial charge in [0.25, 0.3) is 5.69 Å². The third-order valence-electron chi connectivity index (χ3n) is 2.71. The minimum atomic E-state index is -0.389. The second-order valence-corrected chi connectivity index (χ2v) is 4.09. The Morgan fingerprint density at radius 3 is 2.89 bits per heavy atom. The standard InChI is InChI=1S/C12H14N4O2/c1-9-3-4-11(16(17)18)10(7-9)14-8-12-13-5-6-15(12)2/h3-7,14H,8H2,1-2H3. The number of nitro groups is 1. The lowest BCUT2D eigenvalue weighted by molar-refractivity contribution is -0.384. The van der Waals surface area contributed by atoms with E-state index in [4.69, 9.17) is 0 Å². The summed E-state index contributed by atoms with van der Waals surface area (Å²) in [6.45, 7) is 2.35. The van der Waals surface area contributed by atoms with Crippen LogP contribution in [0.15, 0.2) is 30.6 Å². The number of anilines is 1.